The molecule has 30 heavy (non-hydrogen) atoms. The highest BCUT2D eigenvalue weighted by Crippen LogP contribution is 2.31. The summed E-state index contributed by atoms with van der Waals surface area (Å²) in [5.41, 5.74) is 2.65. The van der Waals surface area contributed by atoms with Gasteiger partial charge in [0.25, 0.3) is 11.8 Å². The number of carbonyl (C=O) groups is 2. The van der Waals surface area contributed by atoms with Gasteiger partial charge in [-0.15, -0.1) is 11.3 Å². The first-order valence-electron chi connectivity index (χ1n) is 9.48. The van der Waals surface area contributed by atoms with Crippen molar-refractivity contribution < 1.29 is 23.5 Å². The molecule has 0 radical (unpaired) electrons. The summed E-state index contributed by atoms with van der Waals surface area (Å²) in [5, 5.41) is 3.50. The second-order valence-corrected chi connectivity index (χ2v) is 8.51. The molecule has 0 saturated carbocycles. The van der Waals surface area contributed by atoms with Gasteiger partial charge in [0.15, 0.2) is 5.54 Å². The van der Waals surface area contributed by atoms with Crippen molar-refractivity contribution in [3.63, 3.8) is 0 Å². The van der Waals surface area contributed by atoms with E-state index < -0.39 is 5.54 Å². The van der Waals surface area contributed by atoms with E-state index in [4.69, 9.17) is 13.9 Å². The molecule has 0 spiro atoms. The highest BCUT2D eigenvalue weighted by atomic mass is 32.1. The summed E-state index contributed by atoms with van der Waals surface area (Å²) in [6, 6.07) is 5.37. The number of furan rings is 1. The molecular formula is C21H23N3O5S. The SMILES string of the molecule is Cc1ncsc1COc1ccc2oc(C)c(C(=O)NC3(C(=O)N(C)C)COC3)c2c1. The number of rotatable bonds is 6. The van der Waals surface area contributed by atoms with E-state index in [2.05, 4.69) is 10.3 Å². The summed E-state index contributed by atoms with van der Waals surface area (Å²) in [4.78, 5) is 32.4. The Morgan fingerprint density at radius 1 is 1.30 bits per heavy atom. The lowest BCUT2D eigenvalue weighted by Crippen LogP contribution is -2.69. The monoisotopic (exact) mass is 429 g/mol. The van der Waals surface area contributed by atoms with E-state index in [9.17, 15) is 9.59 Å². The molecule has 4 rings (SSSR count). The summed E-state index contributed by atoms with van der Waals surface area (Å²) < 4.78 is 16.9. The maximum atomic E-state index is 13.1. The molecule has 9 heteroatoms. The molecule has 1 aliphatic rings. The van der Waals surface area contributed by atoms with Crippen LogP contribution in [0.1, 0.15) is 26.7 Å². The lowest BCUT2D eigenvalue weighted by atomic mass is 9.94. The van der Waals surface area contributed by atoms with Crippen molar-refractivity contribution in [2.45, 2.75) is 26.0 Å². The molecule has 3 aromatic rings. The lowest BCUT2D eigenvalue weighted by Gasteiger charge is -2.41. The maximum Gasteiger partial charge on any atom is 0.256 e. The minimum Gasteiger partial charge on any atom is -0.488 e. The van der Waals surface area contributed by atoms with Gasteiger partial charge < -0.3 is 24.1 Å². The van der Waals surface area contributed by atoms with Crippen molar-refractivity contribution in [1.29, 1.82) is 0 Å². The van der Waals surface area contributed by atoms with Crippen LogP contribution in [-0.2, 0) is 16.1 Å². The summed E-state index contributed by atoms with van der Waals surface area (Å²) in [7, 11) is 3.31. The minimum absolute atomic E-state index is 0.146. The molecule has 3 heterocycles. The van der Waals surface area contributed by atoms with Gasteiger partial charge in [-0.3, -0.25) is 9.59 Å². The minimum atomic E-state index is -1.05. The Hall–Kier alpha value is -2.91. The number of amides is 2. The Labute approximate surface area is 177 Å². The van der Waals surface area contributed by atoms with Crippen LogP contribution in [0.2, 0.25) is 0 Å². The molecule has 1 aliphatic heterocycles. The van der Waals surface area contributed by atoms with Crippen LogP contribution >= 0.6 is 11.3 Å². The second-order valence-electron chi connectivity index (χ2n) is 7.57. The molecule has 1 saturated heterocycles. The highest BCUT2D eigenvalue weighted by molar-refractivity contribution is 7.09. The largest absolute Gasteiger partial charge is 0.488 e. The molecule has 0 bridgehead atoms. The van der Waals surface area contributed by atoms with Gasteiger partial charge in [-0.25, -0.2) is 4.98 Å². The smallest absolute Gasteiger partial charge is 0.256 e. The Morgan fingerprint density at radius 2 is 2.07 bits per heavy atom. The number of carbonyl (C=O) groups excluding carboxylic acids is 2. The van der Waals surface area contributed by atoms with Gasteiger partial charge in [0.2, 0.25) is 0 Å². The zero-order chi connectivity index (χ0) is 21.5. The quantitative estimate of drug-likeness (QED) is 0.648. The molecular weight excluding hydrogens is 406 g/mol. The summed E-state index contributed by atoms with van der Waals surface area (Å²) >= 11 is 1.54. The third-order valence-electron chi connectivity index (χ3n) is 5.14. The van der Waals surface area contributed by atoms with Gasteiger partial charge in [-0.2, -0.15) is 0 Å². The molecule has 1 aromatic carbocycles. The Bertz CT molecular complexity index is 1110. The lowest BCUT2D eigenvalue weighted by molar-refractivity contribution is -0.155. The predicted octanol–water partition coefficient (Wildman–Crippen LogP) is 2.67. The van der Waals surface area contributed by atoms with E-state index >= 15 is 0 Å². The number of thiazole rings is 1. The zero-order valence-corrected chi connectivity index (χ0v) is 18.1. The standard InChI is InChI=1S/C21H23N3O5S/c1-12-17(30-11-22-12)8-28-14-5-6-16-15(7-14)18(13(2)29-16)19(25)23-21(9-27-10-21)20(26)24(3)4/h5-7,11H,8-10H2,1-4H3,(H,23,25). The van der Waals surface area contributed by atoms with Crippen LogP contribution in [0.4, 0.5) is 0 Å². The van der Waals surface area contributed by atoms with E-state index in [1.807, 2.05) is 6.92 Å². The predicted molar refractivity (Wildman–Crippen MR) is 112 cm³/mol. The summed E-state index contributed by atoms with van der Waals surface area (Å²) in [6.07, 6.45) is 0. The number of fused-ring (bicyclic) bond motifs is 1. The van der Waals surface area contributed by atoms with Crippen LogP contribution in [-0.4, -0.2) is 54.5 Å². The normalized spacial score (nSPS) is 14.9. The number of benzene rings is 1. The number of aromatic nitrogens is 1. The van der Waals surface area contributed by atoms with E-state index in [1.165, 1.54) is 16.2 Å². The number of ether oxygens (including phenoxy) is 2. The Morgan fingerprint density at radius 3 is 2.67 bits per heavy atom. The zero-order valence-electron chi connectivity index (χ0n) is 17.3. The highest BCUT2D eigenvalue weighted by Gasteiger charge is 2.48. The van der Waals surface area contributed by atoms with Crippen LogP contribution in [0.25, 0.3) is 11.0 Å². The molecule has 0 aliphatic carbocycles. The molecule has 158 valence electrons. The average molecular weight is 429 g/mol. The third kappa shape index (κ3) is 3.54. The Balaban J connectivity index is 1.60. The third-order valence-corrected chi connectivity index (χ3v) is 6.05. The first-order chi connectivity index (χ1) is 14.3. The van der Waals surface area contributed by atoms with Crippen molar-refractivity contribution in [3.05, 3.63) is 45.6 Å². The van der Waals surface area contributed by atoms with Gasteiger partial charge in [0, 0.05) is 19.5 Å². The van der Waals surface area contributed by atoms with Crippen molar-refractivity contribution in [3.8, 4) is 5.75 Å². The topological polar surface area (TPSA) is 93.9 Å². The van der Waals surface area contributed by atoms with Crippen LogP contribution in [0.15, 0.2) is 28.1 Å². The molecule has 0 atom stereocenters. The number of hydrogen-bond donors (Lipinski definition) is 1. The van der Waals surface area contributed by atoms with Crippen LogP contribution in [0.3, 0.4) is 0 Å². The van der Waals surface area contributed by atoms with Crippen molar-refractivity contribution in [2.24, 2.45) is 0 Å². The first-order valence-corrected chi connectivity index (χ1v) is 10.4. The average Bonchev–Trinajstić information content (AvgIpc) is 3.23. The van der Waals surface area contributed by atoms with Crippen molar-refractivity contribution >= 4 is 34.1 Å². The van der Waals surface area contributed by atoms with Crippen molar-refractivity contribution in [1.82, 2.24) is 15.2 Å². The number of nitrogens with one attached hydrogen (secondary N) is 1. The van der Waals surface area contributed by atoms with Gasteiger partial charge in [-0.05, 0) is 32.0 Å². The fraction of sp³-hybridized carbons (Fsp3) is 0.381. The summed E-state index contributed by atoms with van der Waals surface area (Å²) in [6.45, 7) is 4.36. The van der Waals surface area contributed by atoms with Crippen molar-refractivity contribution in [2.75, 3.05) is 27.3 Å². The fourth-order valence-corrected chi connectivity index (χ4v) is 4.14. The molecule has 2 aromatic heterocycles. The van der Waals surface area contributed by atoms with Crippen LogP contribution in [0, 0.1) is 13.8 Å². The van der Waals surface area contributed by atoms with Gasteiger partial charge in [-0.1, -0.05) is 0 Å². The van der Waals surface area contributed by atoms with Crippen LogP contribution < -0.4 is 10.1 Å². The number of aryl methyl sites for hydroxylation is 2. The molecule has 2 amide bonds. The van der Waals surface area contributed by atoms with E-state index in [1.54, 1.807) is 44.7 Å². The number of nitrogens with zero attached hydrogens (tertiary/aromatic N) is 2. The maximum absolute atomic E-state index is 13.1. The van der Waals surface area contributed by atoms with E-state index in [0.29, 0.717) is 34.6 Å². The van der Waals surface area contributed by atoms with Gasteiger partial charge in [0.05, 0.1) is 34.9 Å². The molecule has 1 fully saturated rings. The van der Waals surface area contributed by atoms with Gasteiger partial charge >= 0.3 is 0 Å². The second kappa shape index (κ2) is 7.73. The fourth-order valence-electron chi connectivity index (χ4n) is 3.45. The molecule has 0 unspecified atom stereocenters. The molecule has 8 nitrogen and oxygen atoms in total. The van der Waals surface area contributed by atoms with E-state index in [-0.39, 0.29) is 25.0 Å². The number of hydrogen-bond acceptors (Lipinski definition) is 7. The summed E-state index contributed by atoms with van der Waals surface area (Å²) in [5.74, 6) is 0.526. The molecule has 1 N–H and O–H groups in total. The van der Waals surface area contributed by atoms with Crippen LogP contribution in [0.5, 0.6) is 5.75 Å². The first kappa shape index (κ1) is 20.4. The van der Waals surface area contributed by atoms with Gasteiger partial charge in [0.1, 0.15) is 23.7 Å². The Kier molecular flexibility index (Phi) is 5.25. The van der Waals surface area contributed by atoms with E-state index in [0.717, 1.165) is 10.6 Å². The number of likely N-dealkylation sites (N-methyl/N-ethyl adjacent to an activating group) is 1.